The quantitative estimate of drug-likeness (QED) is 0.312. The van der Waals surface area contributed by atoms with E-state index in [0.29, 0.717) is 19.5 Å². The van der Waals surface area contributed by atoms with Crippen molar-refractivity contribution in [2.75, 3.05) is 6.54 Å². The van der Waals surface area contributed by atoms with Crippen molar-refractivity contribution in [3.63, 3.8) is 0 Å². The van der Waals surface area contributed by atoms with Gasteiger partial charge < -0.3 is 0 Å². The maximum atomic E-state index is 11.3. The van der Waals surface area contributed by atoms with Gasteiger partial charge in [0.1, 0.15) is 0 Å². The van der Waals surface area contributed by atoms with Crippen molar-refractivity contribution in [3.05, 3.63) is 38.6 Å². The third kappa shape index (κ3) is 2.91. The lowest BCUT2D eigenvalue weighted by molar-refractivity contribution is 0.551. The lowest BCUT2D eigenvalue weighted by atomic mass is 10.3. The van der Waals surface area contributed by atoms with Crippen molar-refractivity contribution in [1.82, 2.24) is 9.78 Å². The molecule has 0 radical (unpaired) electrons. The Labute approximate surface area is 80.8 Å². The van der Waals surface area contributed by atoms with E-state index in [4.69, 9.17) is 5.53 Å². The predicted octanol–water partition coefficient (Wildman–Crippen LogP) is 1.25. The molecule has 0 saturated heterocycles. The summed E-state index contributed by atoms with van der Waals surface area (Å²) < 4.78 is 1.36. The van der Waals surface area contributed by atoms with Crippen molar-refractivity contribution < 1.29 is 0 Å². The van der Waals surface area contributed by atoms with Gasteiger partial charge in [0.15, 0.2) is 0 Å². The van der Waals surface area contributed by atoms with Crippen LogP contribution in [0.5, 0.6) is 0 Å². The van der Waals surface area contributed by atoms with Gasteiger partial charge >= 0.3 is 0 Å². The summed E-state index contributed by atoms with van der Waals surface area (Å²) in [5.41, 5.74) is 8.76. The normalized spacial score (nSPS) is 9.50. The second-order valence-corrected chi connectivity index (χ2v) is 2.90. The summed E-state index contributed by atoms with van der Waals surface area (Å²) >= 11 is 0. The average molecular weight is 193 g/mol. The minimum Gasteiger partial charge on any atom is -0.268 e. The van der Waals surface area contributed by atoms with Gasteiger partial charge in [0.2, 0.25) is 0 Å². The Morgan fingerprint density at radius 3 is 3.14 bits per heavy atom. The summed E-state index contributed by atoms with van der Waals surface area (Å²) in [6.45, 7) is 2.69. The molecule has 0 N–H and O–H groups in total. The second-order valence-electron chi connectivity index (χ2n) is 2.90. The molecule has 0 aliphatic rings. The Morgan fingerprint density at radius 1 is 1.71 bits per heavy atom. The number of hydrogen-bond donors (Lipinski definition) is 0. The lowest BCUT2D eigenvalue weighted by Gasteiger charge is -2.01. The predicted molar refractivity (Wildman–Crippen MR) is 51.9 cm³/mol. The fourth-order valence-corrected chi connectivity index (χ4v) is 1.03. The SMILES string of the molecule is Cc1cnn(CCCN=[N+]=[N-])c(=O)c1. The summed E-state index contributed by atoms with van der Waals surface area (Å²) in [5, 5.41) is 7.32. The maximum Gasteiger partial charge on any atom is 0.266 e. The van der Waals surface area contributed by atoms with Gasteiger partial charge in [-0.2, -0.15) is 5.10 Å². The van der Waals surface area contributed by atoms with Crippen LogP contribution in [0.15, 0.2) is 22.2 Å². The van der Waals surface area contributed by atoms with Crippen molar-refractivity contribution in [1.29, 1.82) is 0 Å². The minimum absolute atomic E-state index is 0.120. The first-order chi connectivity index (χ1) is 6.74. The van der Waals surface area contributed by atoms with Crippen LogP contribution < -0.4 is 5.56 Å². The highest BCUT2D eigenvalue weighted by atomic mass is 16.1. The topological polar surface area (TPSA) is 83.7 Å². The molecule has 0 aromatic carbocycles. The smallest absolute Gasteiger partial charge is 0.266 e. The van der Waals surface area contributed by atoms with E-state index in [0.717, 1.165) is 5.56 Å². The molecule has 0 fully saturated rings. The van der Waals surface area contributed by atoms with Crippen LogP contribution in [0.2, 0.25) is 0 Å². The zero-order chi connectivity index (χ0) is 10.4. The maximum absolute atomic E-state index is 11.3. The van der Waals surface area contributed by atoms with Gasteiger partial charge in [-0.25, -0.2) is 4.68 Å². The molecule has 1 heterocycles. The van der Waals surface area contributed by atoms with E-state index in [1.54, 1.807) is 6.20 Å². The van der Waals surface area contributed by atoms with Gasteiger partial charge in [-0.05, 0) is 24.4 Å². The van der Waals surface area contributed by atoms with Crippen molar-refractivity contribution in [3.8, 4) is 0 Å². The molecule has 0 atom stereocenters. The summed E-state index contributed by atoms with van der Waals surface area (Å²) in [6, 6.07) is 1.53. The molecule has 0 spiro atoms. The monoisotopic (exact) mass is 193 g/mol. The molecule has 0 unspecified atom stereocenters. The molecule has 14 heavy (non-hydrogen) atoms. The van der Waals surface area contributed by atoms with Gasteiger partial charge in [-0.1, -0.05) is 5.11 Å². The first-order valence-electron chi connectivity index (χ1n) is 4.28. The highest BCUT2D eigenvalue weighted by molar-refractivity contribution is 5.02. The van der Waals surface area contributed by atoms with Gasteiger partial charge in [-0.15, -0.1) is 0 Å². The standard InChI is InChI=1S/C8H11N5O/c1-7-5-8(14)13(11-6-7)4-2-3-10-12-9/h5-6H,2-4H2,1H3. The minimum atomic E-state index is -0.120. The summed E-state index contributed by atoms with van der Waals surface area (Å²) in [4.78, 5) is 13.9. The summed E-state index contributed by atoms with van der Waals surface area (Å²) in [5.74, 6) is 0. The number of azide groups is 1. The van der Waals surface area contributed by atoms with Crippen LogP contribution >= 0.6 is 0 Å². The van der Waals surface area contributed by atoms with E-state index < -0.39 is 0 Å². The van der Waals surface area contributed by atoms with Crippen molar-refractivity contribution in [2.24, 2.45) is 5.11 Å². The first kappa shape index (κ1) is 10.3. The molecule has 0 aliphatic heterocycles. The second kappa shape index (κ2) is 5.04. The number of aryl methyl sites for hydroxylation is 2. The average Bonchev–Trinajstić information content (AvgIpc) is 2.15. The lowest BCUT2D eigenvalue weighted by Crippen LogP contribution is -2.22. The molecule has 74 valence electrons. The zero-order valence-corrected chi connectivity index (χ0v) is 7.92. The number of rotatable bonds is 4. The van der Waals surface area contributed by atoms with Crippen LogP contribution in [0.4, 0.5) is 0 Å². The van der Waals surface area contributed by atoms with Crippen LogP contribution in [0.1, 0.15) is 12.0 Å². The molecule has 6 heteroatoms. The third-order valence-electron chi connectivity index (χ3n) is 1.70. The van der Waals surface area contributed by atoms with E-state index in [9.17, 15) is 4.79 Å². The Kier molecular flexibility index (Phi) is 3.69. The summed E-state index contributed by atoms with van der Waals surface area (Å²) in [7, 11) is 0. The Balaban J connectivity index is 2.59. The molecular formula is C8H11N5O. The van der Waals surface area contributed by atoms with Crippen LogP contribution in [0.25, 0.3) is 10.4 Å². The number of hydrogen-bond acceptors (Lipinski definition) is 3. The Hall–Kier alpha value is -1.81. The number of aromatic nitrogens is 2. The number of nitrogens with zero attached hydrogens (tertiary/aromatic N) is 5. The van der Waals surface area contributed by atoms with Crippen molar-refractivity contribution in [2.45, 2.75) is 19.9 Å². The molecule has 0 saturated carbocycles. The van der Waals surface area contributed by atoms with Gasteiger partial charge in [-0.3, -0.25) is 4.79 Å². The largest absolute Gasteiger partial charge is 0.268 e. The fourth-order valence-electron chi connectivity index (χ4n) is 1.03. The van der Waals surface area contributed by atoms with E-state index in [1.807, 2.05) is 6.92 Å². The van der Waals surface area contributed by atoms with Gasteiger partial charge in [0.05, 0.1) is 6.20 Å². The summed E-state index contributed by atoms with van der Waals surface area (Å²) in [6.07, 6.45) is 2.26. The van der Waals surface area contributed by atoms with Crippen LogP contribution in [-0.2, 0) is 6.54 Å². The van der Waals surface area contributed by atoms with E-state index in [-0.39, 0.29) is 5.56 Å². The first-order valence-corrected chi connectivity index (χ1v) is 4.28. The highest BCUT2D eigenvalue weighted by Gasteiger charge is 1.96. The van der Waals surface area contributed by atoms with E-state index >= 15 is 0 Å². The highest BCUT2D eigenvalue weighted by Crippen LogP contribution is 1.89. The molecule has 1 aromatic heterocycles. The van der Waals surface area contributed by atoms with Gasteiger partial charge in [0.25, 0.3) is 5.56 Å². The van der Waals surface area contributed by atoms with E-state index in [1.165, 1.54) is 10.7 Å². The van der Waals surface area contributed by atoms with Gasteiger partial charge in [0, 0.05) is 24.1 Å². The molecule has 1 rings (SSSR count). The zero-order valence-electron chi connectivity index (χ0n) is 7.92. The molecule has 1 aromatic rings. The molecule has 0 amide bonds. The van der Waals surface area contributed by atoms with Crippen LogP contribution in [-0.4, -0.2) is 16.3 Å². The van der Waals surface area contributed by atoms with Crippen LogP contribution in [0, 0.1) is 6.92 Å². The molecular weight excluding hydrogens is 182 g/mol. The van der Waals surface area contributed by atoms with Crippen molar-refractivity contribution >= 4 is 0 Å². The third-order valence-corrected chi connectivity index (χ3v) is 1.70. The van der Waals surface area contributed by atoms with Crippen LogP contribution in [0.3, 0.4) is 0 Å². The fraction of sp³-hybridized carbons (Fsp3) is 0.500. The Morgan fingerprint density at radius 2 is 2.50 bits per heavy atom. The van der Waals surface area contributed by atoms with E-state index in [2.05, 4.69) is 15.1 Å². The molecule has 6 nitrogen and oxygen atoms in total. The molecule has 0 bridgehead atoms. The molecule has 0 aliphatic carbocycles. The Bertz CT molecular complexity index is 404.